The van der Waals surface area contributed by atoms with Gasteiger partial charge in [0.25, 0.3) is 0 Å². The number of fused-ring (bicyclic) bond motifs is 1. The molecule has 0 spiro atoms. The van der Waals surface area contributed by atoms with E-state index in [4.69, 9.17) is 0 Å². The second kappa shape index (κ2) is 7.80. The van der Waals surface area contributed by atoms with Crippen molar-refractivity contribution in [3.8, 4) is 11.3 Å². The summed E-state index contributed by atoms with van der Waals surface area (Å²) in [7, 11) is 0. The predicted molar refractivity (Wildman–Crippen MR) is 103 cm³/mol. The van der Waals surface area contributed by atoms with Crippen LogP contribution in [0.2, 0.25) is 0 Å². The average Bonchev–Trinajstić information content (AvgIpc) is 2.71. The minimum Gasteiger partial charge on any atom is -0.354 e. The Morgan fingerprint density at radius 3 is 2.56 bits per heavy atom. The summed E-state index contributed by atoms with van der Waals surface area (Å²) in [6, 6.07) is -0.828. The standard InChI is InChI=1S/C19H18F6N6O/c1-9-8-31(5-4-26-9)13-7-10(18(20,21)22)6-12(28-13)11-2-3-27-16-14(11)15(19(23,24)25)29-17(32)30-16/h2-3,6-7,9,15,26H,4-5,8H2,1H3,(H2,27,29,30,32)/t9-,15+/m0/s1. The first kappa shape index (κ1) is 22.1. The molecule has 0 bridgehead atoms. The van der Waals surface area contributed by atoms with Gasteiger partial charge in [0.05, 0.1) is 11.3 Å². The van der Waals surface area contributed by atoms with Crippen LogP contribution in [0.3, 0.4) is 0 Å². The van der Waals surface area contributed by atoms with E-state index in [-0.39, 0.29) is 28.9 Å². The van der Waals surface area contributed by atoms with Crippen molar-refractivity contribution in [1.29, 1.82) is 0 Å². The van der Waals surface area contributed by atoms with E-state index in [0.29, 0.717) is 25.7 Å². The number of amides is 2. The summed E-state index contributed by atoms with van der Waals surface area (Å²) in [5.41, 5.74) is -2.04. The number of aromatic nitrogens is 2. The van der Waals surface area contributed by atoms with Gasteiger partial charge in [-0.05, 0) is 25.1 Å². The van der Waals surface area contributed by atoms with Gasteiger partial charge in [-0.15, -0.1) is 0 Å². The number of carbonyl (C=O) groups is 1. The number of halogens is 6. The monoisotopic (exact) mass is 460 g/mol. The molecule has 4 heterocycles. The van der Waals surface area contributed by atoms with Gasteiger partial charge < -0.3 is 15.5 Å². The van der Waals surface area contributed by atoms with Crippen LogP contribution in [0, 0.1) is 0 Å². The summed E-state index contributed by atoms with van der Waals surface area (Å²) in [5, 5.41) is 7.11. The maximum Gasteiger partial charge on any atom is 0.416 e. The molecule has 0 radical (unpaired) electrons. The summed E-state index contributed by atoms with van der Waals surface area (Å²) < 4.78 is 82.0. The highest BCUT2D eigenvalue weighted by atomic mass is 19.4. The second-order valence-electron chi connectivity index (χ2n) is 7.59. The molecular formula is C19H18F6N6O. The molecule has 0 aliphatic carbocycles. The van der Waals surface area contributed by atoms with Crippen LogP contribution in [0.15, 0.2) is 24.4 Å². The minimum absolute atomic E-state index is 0.00472. The Hall–Kier alpha value is -3.09. The third-order valence-electron chi connectivity index (χ3n) is 5.22. The summed E-state index contributed by atoms with van der Waals surface area (Å²) >= 11 is 0. The lowest BCUT2D eigenvalue weighted by Gasteiger charge is -2.33. The molecule has 2 aromatic rings. The van der Waals surface area contributed by atoms with Gasteiger partial charge in [0, 0.05) is 43.0 Å². The number of carbonyl (C=O) groups excluding carboxylic acids is 1. The van der Waals surface area contributed by atoms with Crippen LogP contribution >= 0.6 is 0 Å². The average molecular weight is 460 g/mol. The van der Waals surface area contributed by atoms with Gasteiger partial charge in [0.1, 0.15) is 11.6 Å². The lowest BCUT2D eigenvalue weighted by molar-refractivity contribution is -0.155. The fraction of sp³-hybridized carbons (Fsp3) is 0.421. The van der Waals surface area contributed by atoms with E-state index in [9.17, 15) is 31.1 Å². The van der Waals surface area contributed by atoms with Gasteiger partial charge in [-0.25, -0.2) is 14.8 Å². The third-order valence-corrected chi connectivity index (χ3v) is 5.22. The van der Waals surface area contributed by atoms with Crippen molar-refractivity contribution in [3.05, 3.63) is 35.5 Å². The lowest BCUT2D eigenvalue weighted by Crippen LogP contribution is -2.49. The number of alkyl halides is 6. The van der Waals surface area contributed by atoms with Gasteiger partial charge in [-0.2, -0.15) is 26.3 Å². The van der Waals surface area contributed by atoms with Crippen molar-refractivity contribution >= 4 is 17.7 Å². The van der Waals surface area contributed by atoms with Crippen LogP contribution in [0.25, 0.3) is 11.3 Å². The molecule has 1 saturated heterocycles. The summed E-state index contributed by atoms with van der Waals surface area (Å²) in [5.74, 6) is -0.379. The zero-order valence-corrected chi connectivity index (χ0v) is 16.6. The van der Waals surface area contributed by atoms with E-state index in [2.05, 4.69) is 20.6 Å². The maximum absolute atomic E-state index is 13.7. The Morgan fingerprint density at radius 1 is 1.16 bits per heavy atom. The van der Waals surface area contributed by atoms with E-state index in [1.807, 2.05) is 6.92 Å². The zero-order chi connectivity index (χ0) is 23.3. The number of rotatable bonds is 2. The summed E-state index contributed by atoms with van der Waals surface area (Å²) in [6.45, 7) is 3.15. The number of urea groups is 1. The van der Waals surface area contributed by atoms with Crippen LogP contribution in [0.1, 0.15) is 24.1 Å². The summed E-state index contributed by atoms with van der Waals surface area (Å²) in [4.78, 5) is 21.4. The van der Waals surface area contributed by atoms with Crippen molar-refractivity contribution in [3.63, 3.8) is 0 Å². The highest BCUT2D eigenvalue weighted by Gasteiger charge is 2.47. The number of pyridine rings is 2. The highest BCUT2D eigenvalue weighted by molar-refractivity contribution is 5.94. The molecule has 2 aromatic heterocycles. The van der Waals surface area contributed by atoms with Crippen molar-refractivity contribution in [1.82, 2.24) is 20.6 Å². The van der Waals surface area contributed by atoms with Crippen molar-refractivity contribution < 1.29 is 31.1 Å². The Bertz CT molecular complexity index is 1040. The van der Waals surface area contributed by atoms with Gasteiger partial charge >= 0.3 is 18.4 Å². The van der Waals surface area contributed by atoms with Crippen molar-refractivity contribution in [2.45, 2.75) is 31.4 Å². The number of nitrogens with one attached hydrogen (secondary N) is 3. The quantitative estimate of drug-likeness (QED) is 0.596. The Morgan fingerprint density at radius 2 is 1.91 bits per heavy atom. The number of anilines is 2. The lowest BCUT2D eigenvalue weighted by atomic mass is 9.96. The molecule has 172 valence electrons. The van der Waals surface area contributed by atoms with Crippen LogP contribution in [0.5, 0.6) is 0 Å². The first-order valence-electron chi connectivity index (χ1n) is 9.64. The molecule has 0 saturated carbocycles. The van der Waals surface area contributed by atoms with E-state index in [0.717, 1.165) is 18.3 Å². The van der Waals surface area contributed by atoms with E-state index < -0.39 is 35.6 Å². The predicted octanol–water partition coefficient (Wildman–Crippen LogP) is 3.70. The molecule has 2 aliphatic rings. The highest BCUT2D eigenvalue weighted by Crippen LogP contribution is 2.43. The normalized spacial score (nSPS) is 21.6. The fourth-order valence-corrected chi connectivity index (χ4v) is 3.80. The number of nitrogens with zero attached hydrogens (tertiary/aromatic N) is 3. The molecule has 4 rings (SSSR count). The van der Waals surface area contributed by atoms with Gasteiger partial charge in [0.15, 0.2) is 6.04 Å². The molecule has 2 amide bonds. The van der Waals surface area contributed by atoms with E-state index in [1.54, 1.807) is 10.2 Å². The Balaban J connectivity index is 1.90. The fourth-order valence-electron chi connectivity index (χ4n) is 3.80. The van der Waals surface area contributed by atoms with E-state index in [1.165, 1.54) is 0 Å². The number of hydrogen-bond acceptors (Lipinski definition) is 5. The topological polar surface area (TPSA) is 82.2 Å². The Labute approximate surface area is 178 Å². The smallest absolute Gasteiger partial charge is 0.354 e. The molecule has 2 atom stereocenters. The molecule has 3 N–H and O–H groups in total. The number of piperazine rings is 1. The molecule has 0 unspecified atom stereocenters. The first-order chi connectivity index (χ1) is 14.9. The third kappa shape index (κ3) is 4.29. The molecular weight excluding hydrogens is 442 g/mol. The molecule has 32 heavy (non-hydrogen) atoms. The molecule has 0 aromatic carbocycles. The molecule has 7 nitrogen and oxygen atoms in total. The molecule has 13 heteroatoms. The van der Waals surface area contributed by atoms with Gasteiger partial charge in [-0.1, -0.05) is 0 Å². The van der Waals surface area contributed by atoms with Crippen LogP contribution in [0.4, 0.5) is 42.8 Å². The maximum atomic E-state index is 13.7. The van der Waals surface area contributed by atoms with Crippen LogP contribution in [-0.2, 0) is 6.18 Å². The van der Waals surface area contributed by atoms with Crippen molar-refractivity contribution in [2.75, 3.05) is 29.9 Å². The number of hydrogen-bond donors (Lipinski definition) is 3. The SMILES string of the molecule is C[C@H]1CN(c2cc(C(F)(F)F)cc(-c3ccnc4c3[C@H](C(F)(F)F)NC(=O)N4)n2)CCN1. The van der Waals surface area contributed by atoms with E-state index >= 15 is 0 Å². The second-order valence-corrected chi connectivity index (χ2v) is 7.59. The summed E-state index contributed by atoms with van der Waals surface area (Å²) in [6.07, 6.45) is -8.53. The molecule has 1 fully saturated rings. The Kier molecular flexibility index (Phi) is 5.39. The van der Waals surface area contributed by atoms with Crippen LogP contribution in [-0.4, -0.2) is 47.9 Å². The largest absolute Gasteiger partial charge is 0.416 e. The van der Waals surface area contributed by atoms with Crippen molar-refractivity contribution in [2.24, 2.45) is 0 Å². The van der Waals surface area contributed by atoms with Gasteiger partial charge in [-0.3, -0.25) is 5.32 Å². The first-order valence-corrected chi connectivity index (χ1v) is 9.64. The zero-order valence-electron chi connectivity index (χ0n) is 16.6. The van der Waals surface area contributed by atoms with Crippen LogP contribution < -0.4 is 20.9 Å². The minimum atomic E-state index is -4.90. The van der Waals surface area contributed by atoms with Gasteiger partial charge in [0.2, 0.25) is 0 Å². The molecule has 2 aliphatic heterocycles.